The molecule has 2 heteroatoms. The smallest absolute Gasteiger partial charge is 0.145 e. The van der Waals surface area contributed by atoms with Crippen molar-refractivity contribution in [2.45, 2.75) is 0 Å². The molecule has 0 radical (unpaired) electrons. The van der Waals surface area contributed by atoms with Gasteiger partial charge in [-0.25, -0.2) is 0 Å². The standard InChI is InChI=1S/C50H33NO/c1-3-11-34(12-4-1)35-19-21-36(22-20-35)37-25-27-41(28-26-37)51(42-29-30-44-40(33-42)24-23-39-15-7-8-16-43(39)44)47-32-31-45(38-13-5-2-6-14-38)50-49(47)46-17-9-10-18-48(46)52-50/h1-33H. The Bertz CT molecular complexity index is 2870. The van der Waals surface area contributed by atoms with Gasteiger partial charge in [-0.2, -0.15) is 0 Å². The fraction of sp³-hybridized carbons (Fsp3) is 0. The maximum absolute atomic E-state index is 6.71. The van der Waals surface area contributed by atoms with Gasteiger partial charge in [0.05, 0.1) is 11.1 Å². The van der Waals surface area contributed by atoms with Crippen molar-refractivity contribution in [1.29, 1.82) is 0 Å². The average Bonchev–Trinajstić information content (AvgIpc) is 3.62. The summed E-state index contributed by atoms with van der Waals surface area (Å²) >= 11 is 0. The molecular weight excluding hydrogens is 631 g/mol. The van der Waals surface area contributed by atoms with E-state index in [2.05, 4.69) is 199 Å². The van der Waals surface area contributed by atoms with Crippen molar-refractivity contribution >= 4 is 60.5 Å². The molecule has 1 heterocycles. The minimum absolute atomic E-state index is 0.876. The first-order valence-corrected chi connectivity index (χ1v) is 17.8. The van der Waals surface area contributed by atoms with Crippen LogP contribution in [0.15, 0.2) is 205 Å². The monoisotopic (exact) mass is 663 g/mol. The highest BCUT2D eigenvalue weighted by Crippen LogP contribution is 2.47. The molecule has 9 aromatic carbocycles. The summed E-state index contributed by atoms with van der Waals surface area (Å²) in [7, 11) is 0. The highest BCUT2D eigenvalue weighted by atomic mass is 16.3. The van der Waals surface area contributed by atoms with Crippen LogP contribution in [0.3, 0.4) is 0 Å². The van der Waals surface area contributed by atoms with Crippen LogP contribution in [0.1, 0.15) is 0 Å². The molecule has 0 aliphatic carbocycles. The van der Waals surface area contributed by atoms with E-state index in [9.17, 15) is 0 Å². The van der Waals surface area contributed by atoms with Crippen LogP contribution >= 0.6 is 0 Å². The molecule has 0 unspecified atom stereocenters. The maximum atomic E-state index is 6.71. The third kappa shape index (κ3) is 5.12. The molecule has 10 aromatic rings. The van der Waals surface area contributed by atoms with Gasteiger partial charge in [-0.1, -0.05) is 158 Å². The van der Waals surface area contributed by atoms with Gasteiger partial charge in [0.2, 0.25) is 0 Å². The lowest BCUT2D eigenvalue weighted by Crippen LogP contribution is -2.10. The Labute approximate surface area is 302 Å². The summed E-state index contributed by atoms with van der Waals surface area (Å²) in [4.78, 5) is 2.38. The largest absolute Gasteiger partial charge is 0.455 e. The molecule has 0 spiro atoms. The van der Waals surface area contributed by atoms with Crippen LogP contribution in [0.4, 0.5) is 17.1 Å². The first-order valence-electron chi connectivity index (χ1n) is 17.8. The molecule has 244 valence electrons. The van der Waals surface area contributed by atoms with Crippen molar-refractivity contribution in [2.24, 2.45) is 0 Å². The number of hydrogen-bond acceptors (Lipinski definition) is 2. The van der Waals surface area contributed by atoms with Gasteiger partial charge >= 0.3 is 0 Å². The number of furan rings is 1. The van der Waals surface area contributed by atoms with Crippen LogP contribution in [-0.2, 0) is 0 Å². The Morgan fingerprint density at radius 3 is 1.62 bits per heavy atom. The molecule has 0 saturated heterocycles. The average molecular weight is 664 g/mol. The lowest BCUT2D eigenvalue weighted by molar-refractivity contribution is 0.670. The van der Waals surface area contributed by atoms with Crippen molar-refractivity contribution in [3.63, 3.8) is 0 Å². The predicted octanol–water partition coefficient (Wildman–Crippen LogP) is 14.4. The Hall–Kier alpha value is -6.90. The Morgan fingerprint density at radius 1 is 0.346 bits per heavy atom. The normalized spacial score (nSPS) is 11.5. The second-order valence-electron chi connectivity index (χ2n) is 13.3. The molecule has 0 amide bonds. The molecule has 1 aromatic heterocycles. The Morgan fingerprint density at radius 2 is 0.885 bits per heavy atom. The zero-order valence-electron chi connectivity index (χ0n) is 28.4. The molecule has 0 fully saturated rings. The van der Waals surface area contributed by atoms with Crippen molar-refractivity contribution in [3.8, 4) is 33.4 Å². The van der Waals surface area contributed by atoms with Crippen molar-refractivity contribution in [1.82, 2.24) is 0 Å². The lowest BCUT2D eigenvalue weighted by Gasteiger charge is -2.27. The Kier molecular flexibility index (Phi) is 7.18. The van der Waals surface area contributed by atoms with E-state index in [0.717, 1.165) is 50.1 Å². The van der Waals surface area contributed by atoms with Crippen LogP contribution in [0.25, 0.3) is 76.9 Å². The van der Waals surface area contributed by atoms with Crippen molar-refractivity contribution in [3.05, 3.63) is 200 Å². The van der Waals surface area contributed by atoms with Crippen molar-refractivity contribution in [2.75, 3.05) is 4.90 Å². The van der Waals surface area contributed by atoms with Crippen LogP contribution in [0, 0.1) is 0 Å². The zero-order valence-corrected chi connectivity index (χ0v) is 28.4. The molecule has 0 atom stereocenters. The first-order chi connectivity index (χ1) is 25.8. The van der Waals surface area contributed by atoms with Gasteiger partial charge in [0.25, 0.3) is 0 Å². The van der Waals surface area contributed by atoms with Gasteiger partial charge in [0.1, 0.15) is 11.2 Å². The minimum Gasteiger partial charge on any atom is -0.455 e. The highest BCUT2D eigenvalue weighted by molar-refractivity contribution is 6.17. The van der Waals surface area contributed by atoms with Crippen LogP contribution < -0.4 is 4.90 Å². The molecule has 0 N–H and O–H groups in total. The summed E-state index contributed by atoms with van der Waals surface area (Å²) in [6, 6.07) is 71.6. The molecule has 0 aliphatic rings. The second kappa shape index (κ2) is 12.5. The second-order valence-corrected chi connectivity index (χ2v) is 13.3. The molecule has 0 saturated carbocycles. The summed E-state index contributed by atoms with van der Waals surface area (Å²) in [6.07, 6.45) is 0. The molecular formula is C50H33NO. The summed E-state index contributed by atoms with van der Waals surface area (Å²) < 4.78 is 6.71. The van der Waals surface area contributed by atoms with Gasteiger partial charge in [-0.3, -0.25) is 0 Å². The highest BCUT2D eigenvalue weighted by Gasteiger charge is 2.22. The number of para-hydroxylation sites is 1. The van der Waals surface area contributed by atoms with Gasteiger partial charge in [0, 0.05) is 22.3 Å². The summed E-state index contributed by atoms with van der Waals surface area (Å²) in [5, 5.41) is 7.14. The van der Waals surface area contributed by atoms with Gasteiger partial charge in [-0.15, -0.1) is 0 Å². The number of hydrogen-bond donors (Lipinski definition) is 0. The van der Waals surface area contributed by atoms with Gasteiger partial charge in [-0.05, 0) is 91.8 Å². The predicted molar refractivity (Wildman–Crippen MR) is 220 cm³/mol. The topological polar surface area (TPSA) is 16.4 Å². The van der Waals surface area contributed by atoms with E-state index in [0.29, 0.717) is 0 Å². The fourth-order valence-corrected chi connectivity index (χ4v) is 7.70. The van der Waals surface area contributed by atoms with Crippen LogP contribution in [0.2, 0.25) is 0 Å². The summed E-state index contributed by atoms with van der Waals surface area (Å²) in [5.41, 5.74) is 12.0. The van der Waals surface area contributed by atoms with Gasteiger partial charge < -0.3 is 9.32 Å². The maximum Gasteiger partial charge on any atom is 0.145 e. The van der Waals surface area contributed by atoms with E-state index in [4.69, 9.17) is 4.42 Å². The SMILES string of the molecule is c1ccc(-c2ccc(-c3ccc(N(c4ccc5c(ccc6ccccc65)c4)c4ccc(-c5ccccc5)c5oc6ccccc6c45)cc3)cc2)cc1. The van der Waals surface area contributed by atoms with E-state index in [1.807, 2.05) is 6.07 Å². The number of benzene rings is 9. The molecule has 2 nitrogen and oxygen atoms in total. The molecule has 0 bridgehead atoms. The van der Waals surface area contributed by atoms with E-state index in [1.165, 1.54) is 43.8 Å². The van der Waals surface area contributed by atoms with Gasteiger partial charge in [0.15, 0.2) is 0 Å². The first kappa shape index (κ1) is 30.0. The van der Waals surface area contributed by atoms with E-state index >= 15 is 0 Å². The fourth-order valence-electron chi connectivity index (χ4n) is 7.70. The molecule has 10 rings (SSSR count). The van der Waals surface area contributed by atoms with Crippen LogP contribution in [-0.4, -0.2) is 0 Å². The van der Waals surface area contributed by atoms with E-state index in [-0.39, 0.29) is 0 Å². The summed E-state index contributed by atoms with van der Waals surface area (Å²) in [6.45, 7) is 0. The lowest BCUT2D eigenvalue weighted by atomic mass is 9.98. The quantitative estimate of drug-likeness (QED) is 0.165. The van der Waals surface area contributed by atoms with E-state index < -0.39 is 0 Å². The molecule has 0 aliphatic heterocycles. The zero-order chi connectivity index (χ0) is 34.4. The summed E-state index contributed by atoms with van der Waals surface area (Å²) in [5.74, 6) is 0. The third-order valence-electron chi connectivity index (χ3n) is 10.3. The van der Waals surface area contributed by atoms with Crippen LogP contribution in [0.5, 0.6) is 0 Å². The Balaban J connectivity index is 1.16. The minimum atomic E-state index is 0.876. The van der Waals surface area contributed by atoms with E-state index in [1.54, 1.807) is 0 Å². The molecule has 52 heavy (non-hydrogen) atoms. The number of nitrogens with zero attached hydrogens (tertiary/aromatic N) is 1. The number of anilines is 3. The number of rotatable bonds is 6. The number of fused-ring (bicyclic) bond motifs is 6. The van der Waals surface area contributed by atoms with Crippen molar-refractivity contribution < 1.29 is 4.42 Å². The third-order valence-corrected chi connectivity index (χ3v) is 10.3.